The Bertz CT molecular complexity index is 1560. The smallest absolute Gasteiger partial charge is 0.312 e. The summed E-state index contributed by atoms with van der Waals surface area (Å²) in [6.45, 7) is 7.53. The van der Waals surface area contributed by atoms with Crippen LogP contribution in [0.4, 0.5) is 5.69 Å². The molecule has 2 unspecified atom stereocenters. The van der Waals surface area contributed by atoms with E-state index in [1.807, 2.05) is 72.8 Å². The summed E-state index contributed by atoms with van der Waals surface area (Å²) >= 11 is 0. The molecule has 3 aliphatic rings. The molecule has 0 aliphatic carbocycles. The first kappa shape index (κ1) is 28.8. The zero-order valence-corrected chi connectivity index (χ0v) is 24.0. The molecule has 3 aliphatic heterocycles. The number of fused-ring (bicyclic) bond motifs is 2. The zero-order valence-electron chi connectivity index (χ0n) is 24.0. The second kappa shape index (κ2) is 11.8. The number of nitrogens with zero attached hydrogens (tertiary/aromatic N) is 2. The first-order chi connectivity index (χ1) is 20.9. The molecule has 3 aromatic carbocycles. The minimum absolute atomic E-state index is 0.157. The molecule has 2 bridgehead atoms. The molecular weight excluding hydrogens is 544 g/mol. The lowest BCUT2D eigenvalue weighted by molar-refractivity contribution is -0.155. The van der Waals surface area contributed by atoms with Crippen molar-refractivity contribution in [3.05, 3.63) is 104 Å². The summed E-state index contributed by atoms with van der Waals surface area (Å²) in [5.41, 5.74) is 0.108. The lowest BCUT2D eigenvalue weighted by Gasteiger charge is -2.39. The van der Waals surface area contributed by atoms with E-state index in [0.29, 0.717) is 30.5 Å². The molecule has 43 heavy (non-hydrogen) atoms. The van der Waals surface area contributed by atoms with E-state index in [-0.39, 0.29) is 25.0 Å². The highest BCUT2D eigenvalue weighted by Gasteiger charge is 2.75. The number of carbonyl (C=O) groups is 3. The van der Waals surface area contributed by atoms with E-state index >= 15 is 0 Å². The number of likely N-dealkylation sites (tertiary alicyclic amines) is 1. The van der Waals surface area contributed by atoms with Gasteiger partial charge in [-0.1, -0.05) is 72.8 Å². The molecule has 0 aromatic heterocycles. The van der Waals surface area contributed by atoms with Gasteiger partial charge in [-0.25, -0.2) is 0 Å². The molecule has 8 nitrogen and oxygen atoms in total. The van der Waals surface area contributed by atoms with E-state index in [1.54, 1.807) is 17.1 Å². The number of hydrogen-bond acceptors (Lipinski definition) is 6. The monoisotopic (exact) mass is 580 g/mol. The van der Waals surface area contributed by atoms with Crippen molar-refractivity contribution in [1.29, 1.82) is 0 Å². The number of anilines is 1. The van der Waals surface area contributed by atoms with Crippen molar-refractivity contribution < 1.29 is 29.0 Å². The minimum atomic E-state index is -1.24. The Morgan fingerprint density at radius 3 is 2.53 bits per heavy atom. The number of esters is 1. The largest absolute Gasteiger partial charge is 0.465 e. The van der Waals surface area contributed by atoms with Crippen molar-refractivity contribution in [2.45, 2.75) is 43.1 Å². The lowest BCUT2D eigenvalue weighted by atomic mass is 9.70. The topological polar surface area (TPSA) is 96.4 Å². The number of carbonyl (C=O) groups excluding carboxylic acids is 3. The maximum atomic E-state index is 14.9. The predicted molar refractivity (Wildman–Crippen MR) is 163 cm³/mol. The molecule has 6 rings (SSSR count). The number of aliphatic hydroxyl groups is 1. The number of rotatable bonds is 11. The van der Waals surface area contributed by atoms with Crippen LogP contribution in [0.15, 0.2) is 98.1 Å². The van der Waals surface area contributed by atoms with Gasteiger partial charge in [-0.2, -0.15) is 0 Å². The molecule has 3 saturated heterocycles. The summed E-state index contributed by atoms with van der Waals surface area (Å²) in [5.74, 6) is -2.98. The Morgan fingerprint density at radius 1 is 1.07 bits per heavy atom. The summed E-state index contributed by atoms with van der Waals surface area (Å²) in [7, 11) is 0. The SMILES string of the molecule is C=CCCOC(=O)[C@@H]1[C@H]2C(=O)N([C@H](CO)c3ccccc3)C(C(=O)N(CC=C)c3ccc4ccccc4c3)C23CC[C@H]1O3. The van der Waals surface area contributed by atoms with E-state index < -0.39 is 48.2 Å². The van der Waals surface area contributed by atoms with Gasteiger partial charge in [0.1, 0.15) is 11.6 Å². The van der Waals surface area contributed by atoms with Gasteiger partial charge in [0.15, 0.2) is 0 Å². The van der Waals surface area contributed by atoms with Crippen LogP contribution in [-0.2, 0) is 23.9 Å². The van der Waals surface area contributed by atoms with Gasteiger partial charge in [-0.05, 0) is 47.7 Å². The molecule has 3 aromatic rings. The fourth-order valence-corrected chi connectivity index (χ4v) is 7.29. The average Bonchev–Trinajstić information content (AvgIpc) is 3.68. The Hall–Kier alpha value is -4.27. The van der Waals surface area contributed by atoms with Crippen LogP contribution < -0.4 is 4.90 Å². The van der Waals surface area contributed by atoms with Crippen molar-refractivity contribution in [3.8, 4) is 0 Å². The fraction of sp³-hybridized carbons (Fsp3) is 0.343. The molecule has 0 radical (unpaired) electrons. The predicted octanol–water partition coefficient (Wildman–Crippen LogP) is 4.59. The summed E-state index contributed by atoms with van der Waals surface area (Å²) in [4.78, 5) is 45.9. The molecular formula is C35H36N2O6. The highest BCUT2D eigenvalue weighted by molar-refractivity contribution is 6.05. The standard InChI is InChI=1S/C35H36N2O6/c1-3-5-20-42-34(41)29-28-17-18-35(43-28)30(29)32(39)37(27(22-38)24-12-7-6-8-13-24)31(35)33(40)36(19-4-2)26-16-15-23-11-9-10-14-25(23)21-26/h3-4,6-16,21,27-31,38H,1-2,5,17-20,22H2/t27-,28-,29+,30+,31?,35?/m1/s1. The average molecular weight is 581 g/mol. The fourth-order valence-electron chi connectivity index (χ4n) is 7.29. The molecule has 0 saturated carbocycles. The van der Waals surface area contributed by atoms with Crippen LogP contribution in [-0.4, -0.2) is 65.3 Å². The molecule has 3 fully saturated rings. The van der Waals surface area contributed by atoms with Gasteiger partial charge in [0.2, 0.25) is 5.91 Å². The molecule has 1 N–H and O–H groups in total. The van der Waals surface area contributed by atoms with E-state index in [4.69, 9.17) is 9.47 Å². The first-order valence-electron chi connectivity index (χ1n) is 14.8. The van der Waals surface area contributed by atoms with Crippen LogP contribution in [0.25, 0.3) is 10.8 Å². The number of amides is 2. The number of benzene rings is 3. The van der Waals surface area contributed by atoms with Gasteiger partial charge < -0.3 is 24.4 Å². The Morgan fingerprint density at radius 2 is 1.81 bits per heavy atom. The Kier molecular flexibility index (Phi) is 7.90. The van der Waals surface area contributed by atoms with E-state index in [1.165, 1.54) is 4.90 Å². The third-order valence-electron chi connectivity index (χ3n) is 9.13. The van der Waals surface area contributed by atoms with Gasteiger partial charge in [-0.3, -0.25) is 14.4 Å². The molecule has 6 atom stereocenters. The third-order valence-corrected chi connectivity index (χ3v) is 9.13. The second-order valence-electron chi connectivity index (χ2n) is 11.4. The summed E-state index contributed by atoms with van der Waals surface area (Å²) in [5, 5.41) is 12.7. The van der Waals surface area contributed by atoms with Crippen molar-refractivity contribution in [2.24, 2.45) is 11.8 Å². The molecule has 3 heterocycles. The third kappa shape index (κ3) is 4.75. The zero-order chi connectivity index (χ0) is 30.1. The molecule has 2 amide bonds. The molecule has 1 spiro atoms. The Labute approximate surface area is 251 Å². The number of hydrogen-bond donors (Lipinski definition) is 1. The van der Waals surface area contributed by atoms with E-state index in [9.17, 15) is 19.5 Å². The highest BCUT2D eigenvalue weighted by Crippen LogP contribution is 2.60. The van der Waals surface area contributed by atoms with Crippen molar-refractivity contribution >= 4 is 34.2 Å². The van der Waals surface area contributed by atoms with Gasteiger partial charge in [0, 0.05) is 12.2 Å². The van der Waals surface area contributed by atoms with E-state index in [2.05, 4.69) is 13.2 Å². The van der Waals surface area contributed by atoms with Crippen LogP contribution in [0, 0.1) is 11.8 Å². The summed E-state index contributed by atoms with van der Waals surface area (Å²) in [6.07, 6.45) is 4.23. The van der Waals surface area contributed by atoms with Crippen LogP contribution in [0.2, 0.25) is 0 Å². The first-order valence-corrected chi connectivity index (χ1v) is 14.8. The normalized spacial score (nSPS) is 26.3. The maximum absolute atomic E-state index is 14.9. The molecule has 222 valence electrons. The number of aliphatic hydroxyl groups excluding tert-OH is 1. The van der Waals surface area contributed by atoms with Crippen molar-refractivity contribution in [1.82, 2.24) is 4.90 Å². The van der Waals surface area contributed by atoms with Crippen molar-refractivity contribution in [2.75, 3.05) is 24.7 Å². The van der Waals surface area contributed by atoms with Gasteiger partial charge in [0.25, 0.3) is 5.91 Å². The van der Waals surface area contributed by atoms with Crippen LogP contribution >= 0.6 is 0 Å². The summed E-state index contributed by atoms with van der Waals surface area (Å²) in [6, 6.07) is 20.9. The number of ether oxygens (including phenoxy) is 2. The van der Waals surface area contributed by atoms with Gasteiger partial charge in [-0.15, -0.1) is 13.2 Å². The van der Waals surface area contributed by atoms with E-state index in [0.717, 1.165) is 10.8 Å². The van der Waals surface area contributed by atoms with Crippen LogP contribution in [0.3, 0.4) is 0 Å². The second-order valence-corrected chi connectivity index (χ2v) is 11.4. The molecule has 8 heteroatoms. The van der Waals surface area contributed by atoms with Gasteiger partial charge >= 0.3 is 5.97 Å². The quantitative estimate of drug-likeness (QED) is 0.203. The minimum Gasteiger partial charge on any atom is -0.465 e. The van der Waals surface area contributed by atoms with Crippen LogP contribution in [0.1, 0.15) is 30.9 Å². The van der Waals surface area contributed by atoms with Crippen LogP contribution in [0.5, 0.6) is 0 Å². The highest BCUT2D eigenvalue weighted by atomic mass is 16.6. The lowest BCUT2D eigenvalue weighted by Crippen LogP contribution is -2.57. The summed E-state index contributed by atoms with van der Waals surface area (Å²) < 4.78 is 12.1. The van der Waals surface area contributed by atoms with Crippen molar-refractivity contribution in [3.63, 3.8) is 0 Å². The van der Waals surface area contributed by atoms with Gasteiger partial charge in [0.05, 0.1) is 37.2 Å². The maximum Gasteiger partial charge on any atom is 0.312 e. The Balaban J connectivity index is 1.45.